The van der Waals surface area contributed by atoms with Crippen molar-refractivity contribution in [2.24, 2.45) is 5.10 Å². The molecule has 0 saturated heterocycles. The number of fused-ring (bicyclic) bond motifs is 3. The van der Waals surface area contributed by atoms with Crippen molar-refractivity contribution in [2.75, 3.05) is 0 Å². The van der Waals surface area contributed by atoms with E-state index in [0.717, 1.165) is 35.2 Å². The molecule has 2 atom stereocenters. The molecule has 28 heavy (non-hydrogen) atoms. The van der Waals surface area contributed by atoms with Crippen LogP contribution >= 0.6 is 11.3 Å². The maximum atomic E-state index is 13.9. The highest BCUT2D eigenvalue weighted by molar-refractivity contribution is 7.12. The Labute approximate surface area is 165 Å². The smallest absolute Gasteiger partial charge is 0.270 e. The lowest BCUT2D eigenvalue weighted by Gasteiger charge is -2.38. The second-order valence-electron chi connectivity index (χ2n) is 7.15. The summed E-state index contributed by atoms with van der Waals surface area (Å²) in [6.07, 6.45) is 0.223. The average Bonchev–Trinajstić information content (AvgIpc) is 3.36. The second kappa shape index (κ2) is 6.41. The van der Waals surface area contributed by atoms with E-state index in [9.17, 15) is 8.78 Å². The highest BCUT2D eigenvalue weighted by Gasteiger charge is 2.41. The third-order valence-corrected chi connectivity index (χ3v) is 6.10. The van der Waals surface area contributed by atoms with E-state index < -0.39 is 12.2 Å². The van der Waals surface area contributed by atoms with Crippen molar-refractivity contribution in [1.82, 2.24) is 5.01 Å². The fourth-order valence-corrected chi connectivity index (χ4v) is 4.53. The molecule has 0 aliphatic carbocycles. The molecule has 5 rings (SSSR count). The van der Waals surface area contributed by atoms with Gasteiger partial charge in [-0.2, -0.15) is 5.10 Å². The van der Waals surface area contributed by atoms with E-state index in [0.29, 0.717) is 5.56 Å². The highest BCUT2D eigenvalue weighted by atomic mass is 32.1. The number of nitrogens with zero attached hydrogens (tertiary/aromatic N) is 2. The first-order chi connectivity index (χ1) is 13.5. The zero-order chi connectivity index (χ0) is 19.3. The number of rotatable bonds is 3. The first-order valence-electron chi connectivity index (χ1n) is 9.14. The number of benzene rings is 2. The molecule has 0 spiro atoms. The molecule has 0 saturated carbocycles. The zero-order valence-electron chi connectivity index (χ0n) is 15.2. The third kappa shape index (κ3) is 2.88. The molecule has 0 N–H and O–H groups in total. The van der Waals surface area contributed by atoms with E-state index in [1.807, 2.05) is 46.8 Å². The summed E-state index contributed by atoms with van der Waals surface area (Å²) in [7, 11) is 0. The minimum absolute atomic E-state index is 0.0225. The molecule has 3 nitrogen and oxygen atoms in total. The summed E-state index contributed by atoms with van der Waals surface area (Å²) in [5.74, 6) is -2.12. The van der Waals surface area contributed by atoms with Crippen molar-refractivity contribution in [3.05, 3.63) is 87.6 Å². The number of para-hydroxylation sites is 1. The molecule has 0 radical (unpaired) electrons. The Hall–Kier alpha value is -2.73. The van der Waals surface area contributed by atoms with E-state index in [2.05, 4.69) is 6.07 Å². The topological polar surface area (TPSA) is 24.8 Å². The monoisotopic (exact) mass is 396 g/mol. The number of thiophene rings is 1. The summed E-state index contributed by atoms with van der Waals surface area (Å²) in [4.78, 5) is 1.12. The summed E-state index contributed by atoms with van der Waals surface area (Å²) in [5, 5.41) is 8.80. The van der Waals surface area contributed by atoms with Gasteiger partial charge in [-0.25, -0.2) is 13.8 Å². The summed E-state index contributed by atoms with van der Waals surface area (Å²) in [6.45, 7) is 0.912. The molecule has 2 aliphatic heterocycles. The molecule has 2 unspecified atom stereocenters. The van der Waals surface area contributed by atoms with Crippen LogP contribution in [-0.4, -0.2) is 10.7 Å². The maximum absolute atomic E-state index is 13.9. The van der Waals surface area contributed by atoms with Gasteiger partial charge in [0.2, 0.25) is 6.23 Å². The molecular weight excluding hydrogens is 378 g/mol. The molecule has 3 heterocycles. The van der Waals surface area contributed by atoms with E-state index in [-0.39, 0.29) is 11.6 Å². The molecule has 2 aromatic carbocycles. The van der Waals surface area contributed by atoms with Gasteiger partial charge in [-0.3, -0.25) is 0 Å². The Balaban J connectivity index is 1.60. The van der Waals surface area contributed by atoms with E-state index in [1.54, 1.807) is 17.4 Å². The minimum Gasteiger partial charge on any atom is -0.464 e. The van der Waals surface area contributed by atoms with Crippen molar-refractivity contribution >= 4 is 17.0 Å². The Morgan fingerprint density at radius 1 is 1.11 bits per heavy atom. The summed E-state index contributed by atoms with van der Waals surface area (Å²) in [6, 6.07) is 18.4. The lowest BCUT2D eigenvalue weighted by atomic mass is 9.97. The van der Waals surface area contributed by atoms with Crippen LogP contribution in [0.25, 0.3) is 0 Å². The minimum atomic E-state index is -2.90. The van der Waals surface area contributed by atoms with Crippen molar-refractivity contribution in [3.63, 3.8) is 0 Å². The SMILES string of the molecule is CC(F)(F)c1cccc(C2Oc3ccccc3C3CC(c4cccs4)=NN32)c1. The van der Waals surface area contributed by atoms with Crippen LogP contribution in [0.4, 0.5) is 8.78 Å². The molecule has 142 valence electrons. The quantitative estimate of drug-likeness (QED) is 0.534. The molecule has 0 bridgehead atoms. The Morgan fingerprint density at radius 3 is 2.75 bits per heavy atom. The number of hydrogen-bond acceptors (Lipinski definition) is 4. The number of halogens is 2. The van der Waals surface area contributed by atoms with Crippen LogP contribution in [0.2, 0.25) is 0 Å². The van der Waals surface area contributed by atoms with Crippen LogP contribution in [0, 0.1) is 0 Å². The zero-order valence-corrected chi connectivity index (χ0v) is 16.0. The Kier molecular flexibility index (Phi) is 3.98. The van der Waals surface area contributed by atoms with Crippen LogP contribution in [0.1, 0.15) is 47.2 Å². The predicted octanol–water partition coefficient (Wildman–Crippen LogP) is 6.10. The van der Waals surface area contributed by atoms with Gasteiger partial charge in [-0.05, 0) is 23.6 Å². The fraction of sp³-hybridized carbons (Fsp3) is 0.227. The molecule has 6 heteroatoms. The number of hydrogen-bond donors (Lipinski definition) is 0. The van der Waals surface area contributed by atoms with Gasteiger partial charge in [-0.1, -0.05) is 42.5 Å². The lowest BCUT2D eigenvalue weighted by molar-refractivity contribution is -0.0198. The van der Waals surface area contributed by atoms with Gasteiger partial charge in [0.05, 0.1) is 16.6 Å². The van der Waals surface area contributed by atoms with Crippen molar-refractivity contribution in [2.45, 2.75) is 31.5 Å². The summed E-state index contributed by atoms with van der Waals surface area (Å²) >= 11 is 1.65. The van der Waals surface area contributed by atoms with E-state index >= 15 is 0 Å². The van der Waals surface area contributed by atoms with Crippen LogP contribution < -0.4 is 4.74 Å². The first-order valence-corrected chi connectivity index (χ1v) is 10.0. The van der Waals surface area contributed by atoms with Gasteiger partial charge in [0.25, 0.3) is 5.92 Å². The standard InChI is InChI=1S/C22H18F2N2OS/c1-22(23,24)15-7-4-6-14(12-15)21-26-18(16-8-2-3-9-19(16)27-21)13-17(25-26)20-10-5-11-28-20/h2-12,18,21H,13H2,1H3. The average molecular weight is 396 g/mol. The Morgan fingerprint density at radius 2 is 1.96 bits per heavy atom. The van der Waals surface area contributed by atoms with Gasteiger partial charge in [-0.15, -0.1) is 11.3 Å². The van der Waals surface area contributed by atoms with Gasteiger partial charge in [0, 0.05) is 30.0 Å². The van der Waals surface area contributed by atoms with Crippen LogP contribution in [0.15, 0.2) is 71.1 Å². The predicted molar refractivity (Wildman–Crippen MR) is 106 cm³/mol. The van der Waals surface area contributed by atoms with E-state index in [1.165, 1.54) is 12.1 Å². The molecule has 1 aromatic heterocycles. The molecular formula is C22H18F2N2OS. The molecule has 2 aliphatic rings. The lowest BCUT2D eigenvalue weighted by Crippen LogP contribution is -2.33. The molecule has 0 fully saturated rings. The van der Waals surface area contributed by atoms with Gasteiger partial charge < -0.3 is 4.74 Å². The largest absolute Gasteiger partial charge is 0.464 e. The highest BCUT2D eigenvalue weighted by Crippen LogP contribution is 2.48. The maximum Gasteiger partial charge on any atom is 0.270 e. The Bertz CT molecular complexity index is 1040. The number of hydrazone groups is 1. The summed E-state index contributed by atoms with van der Waals surface area (Å²) in [5.41, 5.74) is 2.73. The van der Waals surface area contributed by atoms with Gasteiger partial charge in [0.15, 0.2) is 0 Å². The van der Waals surface area contributed by atoms with Crippen molar-refractivity contribution in [1.29, 1.82) is 0 Å². The first kappa shape index (κ1) is 17.4. The third-order valence-electron chi connectivity index (χ3n) is 5.18. The van der Waals surface area contributed by atoms with Crippen LogP contribution in [0.3, 0.4) is 0 Å². The summed E-state index contributed by atoms with van der Waals surface area (Å²) < 4.78 is 34.0. The van der Waals surface area contributed by atoms with Crippen LogP contribution in [-0.2, 0) is 5.92 Å². The molecule has 3 aromatic rings. The second-order valence-corrected chi connectivity index (χ2v) is 8.09. The van der Waals surface area contributed by atoms with Gasteiger partial charge >= 0.3 is 0 Å². The van der Waals surface area contributed by atoms with E-state index in [4.69, 9.17) is 9.84 Å². The van der Waals surface area contributed by atoms with Crippen LogP contribution in [0.5, 0.6) is 5.75 Å². The fourth-order valence-electron chi connectivity index (χ4n) is 3.81. The normalized spacial score (nSPS) is 21.0. The number of alkyl halides is 2. The van der Waals surface area contributed by atoms with Gasteiger partial charge in [0.1, 0.15) is 5.75 Å². The van der Waals surface area contributed by atoms with Crippen molar-refractivity contribution < 1.29 is 13.5 Å². The van der Waals surface area contributed by atoms with Crippen molar-refractivity contribution in [3.8, 4) is 5.75 Å². The molecule has 0 amide bonds. The number of ether oxygens (including phenoxy) is 1.